The van der Waals surface area contributed by atoms with Crippen molar-refractivity contribution < 1.29 is 28.9 Å². The molecular weight excluding hydrogens is 388 g/mol. The van der Waals surface area contributed by atoms with E-state index in [4.69, 9.17) is 19.9 Å². The lowest BCUT2D eigenvalue weighted by molar-refractivity contribution is -0.121. The summed E-state index contributed by atoms with van der Waals surface area (Å²) in [4.78, 5) is 24.0. The van der Waals surface area contributed by atoms with E-state index < -0.39 is 42.0 Å². The summed E-state index contributed by atoms with van der Waals surface area (Å²) in [7, 11) is 1.55. The second kappa shape index (κ2) is 9.94. The topological polar surface area (TPSA) is 123 Å². The number of alkyl carbamates (subject to hydrolysis) is 1. The molecule has 1 saturated heterocycles. The van der Waals surface area contributed by atoms with E-state index in [9.17, 15) is 14.7 Å². The summed E-state index contributed by atoms with van der Waals surface area (Å²) in [5.74, 6) is -1.10. The molecule has 170 valence electrons. The highest BCUT2D eigenvalue weighted by Crippen LogP contribution is 2.51. The van der Waals surface area contributed by atoms with Crippen molar-refractivity contribution in [3.8, 4) is 0 Å². The first-order valence-electron chi connectivity index (χ1n) is 10.5. The molecule has 6 atom stereocenters. The minimum atomic E-state index is -0.822. The van der Waals surface area contributed by atoms with E-state index in [-0.39, 0.29) is 11.8 Å². The number of nitrogens with two attached hydrogens (primary N) is 1. The third-order valence-electron chi connectivity index (χ3n) is 5.98. The zero-order valence-corrected chi connectivity index (χ0v) is 18.6. The van der Waals surface area contributed by atoms with E-state index in [1.54, 1.807) is 21.0 Å². The zero-order chi connectivity index (χ0) is 22.6. The number of rotatable bonds is 9. The van der Waals surface area contributed by atoms with Crippen LogP contribution in [0.3, 0.4) is 0 Å². The van der Waals surface area contributed by atoms with Gasteiger partial charge >= 0.3 is 6.09 Å². The summed E-state index contributed by atoms with van der Waals surface area (Å²) in [5, 5.41) is 13.2. The second-order valence-corrected chi connectivity index (χ2v) is 8.89. The number of carbonyl (C=O) groups excluding carboxylic acids is 2. The van der Waals surface area contributed by atoms with Crippen molar-refractivity contribution in [2.24, 2.45) is 17.6 Å². The van der Waals surface area contributed by atoms with Gasteiger partial charge in [-0.3, -0.25) is 4.79 Å². The van der Waals surface area contributed by atoms with Gasteiger partial charge in [0.15, 0.2) is 0 Å². The molecule has 1 aliphatic heterocycles. The van der Waals surface area contributed by atoms with Gasteiger partial charge in [-0.15, -0.1) is 0 Å². The number of allylic oxidation sites excluding steroid dienone is 1. The van der Waals surface area contributed by atoms with Crippen molar-refractivity contribution in [1.82, 2.24) is 5.32 Å². The molecule has 8 heteroatoms. The van der Waals surface area contributed by atoms with Gasteiger partial charge in [-0.2, -0.15) is 0 Å². The maximum Gasteiger partial charge on any atom is 0.408 e. The fraction of sp³-hybridized carbons (Fsp3) is 0.727. The number of aliphatic hydroxyl groups excluding tert-OH is 1. The van der Waals surface area contributed by atoms with Crippen LogP contribution in [0.4, 0.5) is 4.79 Å². The first-order valence-corrected chi connectivity index (χ1v) is 10.5. The van der Waals surface area contributed by atoms with Crippen LogP contribution in [0.2, 0.25) is 0 Å². The average molecular weight is 425 g/mol. The van der Waals surface area contributed by atoms with Crippen molar-refractivity contribution in [1.29, 1.82) is 0 Å². The first-order chi connectivity index (χ1) is 14.0. The summed E-state index contributed by atoms with van der Waals surface area (Å²) in [6.45, 7) is 12.2. The van der Waals surface area contributed by atoms with Gasteiger partial charge in [-0.05, 0) is 44.6 Å². The minimum absolute atomic E-state index is 0.166. The maximum atomic E-state index is 12.4. The number of epoxide rings is 1. The number of nitrogens with one attached hydrogen (secondary N) is 1. The Bertz CT molecular complexity index is 681. The van der Waals surface area contributed by atoms with Gasteiger partial charge in [-0.25, -0.2) is 4.79 Å². The largest absolute Gasteiger partial charge is 0.443 e. The number of carbonyl (C=O) groups is 2. The Labute approximate surface area is 178 Å². The summed E-state index contributed by atoms with van der Waals surface area (Å²) in [6, 6.07) is -0.822. The van der Waals surface area contributed by atoms with Gasteiger partial charge in [0, 0.05) is 13.0 Å². The van der Waals surface area contributed by atoms with E-state index >= 15 is 0 Å². The Hall–Kier alpha value is -1.90. The number of primary amides is 1. The van der Waals surface area contributed by atoms with E-state index in [0.29, 0.717) is 31.4 Å². The molecule has 1 spiro atoms. The molecule has 4 N–H and O–H groups in total. The summed E-state index contributed by atoms with van der Waals surface area (Å²) in [6.07, 6.45) is 1.05. The number of methoxy groups -OCH3 is 1. The van der Waals surface area contributed by atoms with Crippen LogP contribution in [0.25, 0.3) is 0 Å². The molecule has 2 rings (SSSR count). The number of hydrogen-bond acceptors (Lipinski definition) is 6. The lowest BCUT2D eigenvalue weighted by Crippen LogP contribution is -2.54. The van der Waals surface area contributed by atoms with Crippen molar-refractivity contribution in [3.63, 3.8) is 0 Å². The summed E-state index contributed by atoms with van der Waals surface area (Å²) >= 11 is 0. The number of hydrogen-bond donors (Lipinski definition) is 3. The molecule has 2 aliphatic rings. The van der Waals surface area contributed by atoms with Crippen LogP contribution in [0.15, 0.2) is 23.8 Å². The highest BCUT2D eigenvalue weighted by atomic mass is 16.6. The molecule has 1 aliphatic carbocycles. The van der Waals surface area contributed by atoms with Crippen molar-refractivity contribution in [3.05, 3.63) is 23.8 Å². The van der Waals surface area contributed by atoms with Crippen molar-refractivity contribution in [2.75, 3.05) is 13.7 Å². The van der Waals surface area contributed by atoms with E-state index in [0.717, 1.165) is 5.57 Å². The van der Waals surface area contributed by atoms with Gasteiger partial charge in [0.2, 0.25) is 5.91 Å². The van der Waals surface area contributed by atoms with Gasteiger partial charge in [-0.1, -0.05) is 32.1 Å². The molecule has 1 heterocycles. The monoisotopic (exact) mass is 424 g/mol. The van der Waals surface area contributed by atoms with Crippen LogP contribution in [0.5, 0.6) is 0 Å². The number of aliphatic hydroxyl groups is 1. The molecule has 2 unspecified atom stereocenters. The van der Waals surface area contributed by atoms with Gasteiger partial charge in [0.25, 0.3) is 0 Å². The quantitative estimate of drug-likeness (QED) is 0.384. The van der Waals surface area contributed by atoms with Crippen LogP contribution >= 0.6 is 0 Å². The number of ether oxygens (including phenoxy) is 3. The molecule has 0 radical (unpaired) electrons. The Kier molecular flexibility index (Phi) is 8.07. The van der Waals surface area contributed by atoms with Crippen molar-refractivity contribution >= 4 is 12.0 Å². The molecule has 2 amide bonds. The highest BCUT2D eigenvalue weighted by Gasteiger charge is 2.60. The number of amides is 2. The predicted molar refractivity (Wildman–Crippen MR) is 113 cm³/mol. The smallest absolute Gasteiger partial charge is 0.408 e. The Morgan fingerprint density at radius 1 is 1.40 bits per heavy atom. The third-order valence-corrected chi connectivity index (χ3v) is 5.98. The Morgan fingerprint density at radius 2 is 2.03 bits per heavy atom. The van der Waals surface area contributed by atoms with E-state index in [2.05, 4.69) is 11.9 Å². The molecule has 0 aromatic heterocycles. The summed E-state index contributed by atoms with van der Waals surface area (Å²) < 4.78 is 17.1. The molecule has 30 heavy (non-hydrogen) atoms. The minimum Gasteiger partial charge on any atom is -0.443 e. The second-order valence-electron chi connectivity index (χ2n) is 8.89. The third kappa shape index (κ3) is 5.62. The fourth-order valence-corrected chi connectivity index (χ4v) is 4.17. The Balaban J connectivity index is 2.13. The first kappa shape index (κ1) is 24.4. The molecule has 2 fully saturated rings. The average Bonchev–Trinajstić information content (AvgIpc) is 3.44. The zero-order valence-electron chi connectivity index (χ0n) is 18.6. The lowest BCUT2D eigenvalue weighted by Gasteiger charge is -2.42. The molecule has 0 bridgehead atoms. The van der Waals surface area contributed by atoms with Crippen molar-refractivity contribution in [2.45, 2.75) is 76.9 Å². The van der Waals surface area contributed by atoms with Crippen LogP contribution in [-0.4, -0.2) is 60.8 Å². The molecule has 0 aromatic carbocycles. The maximum absolute atomic E-state index is 12.4. The van der Waals surface area contributed by atoms with Gasteiger partial charge in [0.05, 0.1) is 12.7 Å². The van der Waals surface area contributed by atoms with Crippen LogP contribution in [-0.2, 0) is 19.0 Å². The molecule has 8 nitrogen and oxygen atoms in total. The Morgan fingerprint density at radius 3 is 2.50 bits per heavy atom. The predicted octanol–water partition coefficient (Wildman–Crippen LogP) is 2.06. The standard InChI is InChI=1S/C22H36N2O6/c1-12(2)7-8-15(25)14(5)17-19(28-6)16(9-10-22(17)11-29-22)30-21(27)24-18(13(3)4)20(23)26/h7,13,15-19,25H,5,8-11H2,1-4,6H3,(H2,23,26)(H,24,27)/t15?,16-,17?,18-,19-,22+/m1/s1. The summed E-state index contributed by atoms with van der Waals surface area (Å²) in [5.41, 5.74) is 6.65. The molecular formula is C22H36N2O6. The van der Waals surface area contributed by atoms with E-state index in [1.165, 1.54) is 0 Å². The highest BCUT2D eigenvalue weighted by molar-refractivity contribution is 5.84. The van der Waals surface area contributed by atoms with Gasteiger partial charge in [0.1, 0.15) is 23.9 Å². The SMILES string of the molecule is C=C(C(O)CC=C(C)C)C1[C@H](OC)[C@H](OC(=O)N[C@@H](C(N)=O)C(C)C)CC[C@]12CO2. The normalized spacial score (nSPS) is 29.8. The fourth-order valence-electron chi connectivity index (χ4n) is 4.17. The van der Waals surface area contributed by atoms with Gasteiger partial charge < -0.3 is 30.4 Å². The lowest BCUT2D eigenvalue weighted by atomic mass is 9.70. The molecule has 0 aromatic rings. The van der Waals surface area contributed by atoms with Crippen LogP contribution in [0.1, 0.15) is 47.0 Å². The van der Waals surface area contributed by atoms with Crippen LogP contribution in [0, 0.1) is 11.8 Å². The van der Waals surface area contributed by atoms with E-state index in [1.807, 2.05) is 19.9 Å². The molecule has 1 saturated carbocycles. The van der Waals surface area contributed by atoms with Crippen LogP contribution < -0.4 is 11.1 Å².